The fourth-order valence-corrected chi connectivity index (χ4v) is 2.39. The van der Waals surface area contributed by atoms with Gasteiger partial charge in [0.25, 0.3) is 0 Å². The number of nitriles is 1. The summed E-state index contributed by atoms with van der Waals surface area (Å²) in [7, 11) is 0. The van der Waals surface area contributed by atoms with Crippen LogP contribution in [0.5, 0.6) is 0 Å². The molecule has 0 radical (unpaired) electrons. The van der Waals surface area contributed by atoms with Gasteiger partial charge in [-0.3, -0.25) is 0 Å². The number of rotatable bonds is 2. The maximum atomic E-state index is 9.15. The van der Waals surface area contributed by atoms with Crippen molar-refractivity contribution in [3.8, 4) is 28.6 Å². The SMILES string of the molecule is N#Cc1nc(-c2ccccc2)c(-c2ccccc2Cl)nc1N. The van der Waals surface area contributed by atoms with Crippen LogP contribution in [0.3, 0.4) is 0 Å². The highest BCUT2D eigenvalue weighted by Gasteiger charge is 2.16. The van der Waals surface area contributed by atoms with E-state index >= 15 is 0 Å². The molecule has 1 aromatic heterocycles. The summed E-state index contributed by atoms with van der Waals surface area (Å²) in [5.41, 5.74) is 8.66. The number of nitrogens with zero attached hydrogens (tertiary/aromatic N) is 3. The molecule has 22 heavy (non-hydrogen) atoms. The largest absolute Gasteiger partial charge is 0.381 e. The quantitative estimate of drug-likeness (QED) is 0.778. The third kappa shape index (κ3) is 2.50. The average molecular weight is 307 g/mol. The molecule has 0 saturated carbocycles. The zero-order chi connectivity index (χ0) is 15.5. The lowest BCUT2D eigenvalue weighted by atomic mass is 10.0. The first-order valence-electron chi connectivity index (χ1n) is 6.58. The lowest BCUT2D eigenvalue weighted by Gasteiger charge is -2.11. The summed E-state index contributed by atoms with van der Waals surface area (Å²) in [6.07, 6.45) is 0. The molecule has 0 amide bonds. The van der Waals surface area contributed by atoms with Crippen molar-refractivity contribution in [1.29, 1.82) is 5.26 Å². The summed E-state index contributed by atoms with van der Waals surface area (Å²) in [5.74, 6) is 0.0945. The first-order chi connectivity index (χ1) is 10.7. The molecule has 0 aliphatic rings. The van der Waals surface area contributed by atoms with Crippen LogP contribution in [0.4, 0.5) is 5.82 Å². The Balaban J connectivity index is 2.32. The van der Waals surface area contributed by atoms with E-state index in [1.54, 1.807) is 6.07 Å². The van der Waals surface area contributed by atoms with E-state index in [1.165, 1.54) is 0 Å². The van der Waals surface area contributed by atoms with Gasteiger partial charge in [-0.15, -0.1) is 0 Å². The summed E-state index contributed by atoms with van der Waals surface area (Å²) in [4.78, 5) is 8.73. The fourth-order valence-electron chi connectivity index (χ4n) is 2.17. The summed E-state index contributed by atoms with van der Waals surface area (Å²) in [5, 5.41) is 9.70. The number of aromatic nitrogens is 2. The van der Waals surface area contributed by atoms with E-state index in [0.717, 1.165) is 11.1 Å². The van der Waals surface area contributed by atoms with Crippen molar-refractivity contribution in [2.75, 3.05) is 5.73 Å². The van der Waals surface area contributed by atoms with Gasteiger partial charge in [0.1, 0.15) is 11.8 Å². The van der Waals surface area contributed by atoms with Gasteiger partial charge in [0.2, 0.25) is 0 Å². The van der Waals surface area contributed by atoms with E-state index in [0.29, 0.717) is 16.4 Å². The van der Waals surface area contributed by atoms with Crippen LogP contribution in [0, 0.1) is 11.3 Å². The maximum Gasteiger partial charge on any atom is 0.183 e. The van der Waals surface area contributed by atoms with Crippen LogP contribution in [-0.4, -0.2) is 9.97 Å². The Morgan fingerprint density at radius 2 is 1.59 bits per heavy atom. The minimum absolute atomic E-state index is 0.0945. The van der Waals surface area contributed by atoms with Gasteiger partial charge in [0.05, 0.1) is 10.7 Å². The van der Waals surface area contributed by atoms with Crippen molar-refractivity contribution in [2.24, 2.45) is 0 Å². The Morgan fingerprint density at radius 3 is 2.27 bits per heavy atom. The molecule has 3 rings (SSSR count). The minimum Gasteiger partial charge on any atom is -0.381 e. The molecule has 3 aromatic rings. The van der Waals surface area contributed by atoms with E-state index in [1.807, 2.05) is 54.6 Å². The van der Waals surface area contributed by atoms with Gasteiger partial charge in [-0.1, -0.05) is 60.1 Å². The van der Waals surface area contributed by atoms with E-state index in [2.05, 4.69) is 9.97 Å². The standard InChI is InChI=1S/C17H11ClN4/c18-13-9-5-4-8-12(13)16-15(11-6-2-1-3-7-11)21-14(10-19)17(20)22-16/h1-9H,(H2,20,22). The predicted octanol–water partition coefficient (Wildman–Crippen LogP) is 3.92. The second-order valence-corrected chi connectivity index (χ2v) is 5.02. The molecule has 4 nitrogen and oxygen atoms in total. The zero-order valence-corrected chi connectivity index (χ0v) is 12.2. The third-order valence-corrected chi connectivity index (χ3v) is 3.53. The van der Waals surface area contributed by atoms with E-state index in [9.17, 15) is 0 Å². The van der Waals surface area contributed by atoms with Crippen LogP contribution in [-0.2, 0) is 0 Å². The maximum absolute atomic E-state index is 9.15. The molecule has 0 fully saturated rings. The summed E-state index contributed by atoms with van der Waals surface area (Å²) < 4.78 is 0. The van der Waals surface area contributed by atoms with Gasteiger partial charge in [-0.2, -0.15) is 5.26 Å². The van der Waals surface area contributed by atoms with Crippen molar-refractivity contribution in [1.82, 2.24) is 9.97 Å². The topological polar surface area (TPSA) is 75.6 Å². The number of anilines is 1. The number of hydrogen-bond donors (Lipinski definition) is 1. The Morgan fingerprint density at radius 1 is 0.909 bits per heavy atom. The second kappa shape index (κ2) is 5.84. The van der Waals surface area contributed by atoms with Crippen LogP contribution >= 0.6 is 11.6 Å². The molecule has 1 heterocycles. The second-order valence-electron chi connectivity index (χ2n) is 4.61. The van der Waals surface area contributed by atoms with Gasteiger partial charge >= 0.3 is 0 Å². The van der Waals surface area contributed by atoms with Crippen molar-refractivity contribution in [3.05, 3.63) is 65.3 Å². The molecule has 2 aromatic carbocycles. The fraction of sp³-hybridized carbons (Fsp3) is 0. The lowest BCUT2D eigenvalue weighted by molar-refractivity contribution is 1.18. The zero-order valence-electron chi connectivity index (χ0n) is 11.5. The summed E-state index contributed by atoms with van der Waals surface area (Å²) in [6.45, 7) is 0. The molecular weight excluding hydrogens is 296 g/mol. The van der Waals surface area contributed by atoms with Crippen molar-refractivity contribution in [3.63, 3.8) is 0 Å². The molecule has 0 spiro atoms. The predicted molar refractivity (Wildman–Crippen MR) is 87.0 cm³/mol. The van der Waals surface area contributed by atoms with Gasteiger partial charge in [0.15, 0.2) is 11.5 Å². The number of nitrogens with two attached hydrogens (primary N) is 1. The average Bonchev–Trinajstić information content (AvgIpc) is 2.56. The molecule has 0 aliphatic heterocycles. The van der Waals surface area contributed by atoms with E-state index in [-0.39, 0.29) is 11.5 Å². The molecule has 0 bridgehead atoms. The van der Waals surface area contributed by atoms with Crippen LogP contribution < -0.4 is 5.73 Å². The highest BCUT2D eigenvalue weighted by atomic mass is 35.5. The molecule has 5 heteroatoms. The number of nitrogen functional groups attached to an aromatic ring is 1. The summed E-state index contributed by atoms with van der Waals surface area (Å²) in [6, 6.07) is 18.8. The smallest absolute Gasteiger partial charge is 0.183 e. The van der Waals surface area contributed by atoms with Gasteiger partial charge in [-0.25, -0.2) is 9.97 Å². The lowest BCUT2D eigenvalue weighted by Crippen LogP contribution is -2.03. The first kappa shape index (κ1) is 14.1. The van der Waals surface area contributed by atoms with Crippen molar-refractivity contribution >= 4 is 17.4 Å². The van der Waals surface area contributed by atoms with E-state index < -0.39 is 0 Å². The van der Waals surface area contributed by atoms with Crippen LogP contribution in [0.25, 0.3) is 22.5 Å². The summed E-state index contributed by atoms with van der Waals surface area (Å²) >= 11 is 6.27. The highest BCUT2D eigenvalue weighted by molar-refractivity contribution is 6.33. The Hall–Kier alpha value is -2.90. The number of halogens is 1. The van der Waals surface area contributed by atoms with Gasteiger partial charge < -0.3 is 5.73 Å². The first-order valence-corrected chi connectivity index (χ1v) is 6.96. The van der Waals surface area contributed by atoms with E-state index in [4.69, 9.17) is 22.6 Å². The van der Waals surface area contributed by atoms with Crippen molar-refractivity contribution in [2.45, 2.75) is 0 Å². The Kier molecular flexibility index (Phi) is 3.73. The number of benzene rings is 2. The number of hydrogen-bond acceptors (Lipinski definition) is 4. The Bertz CT molecular complexity index is 870. The van der Waals surface area contributed by atoms with Crippen LogP contribution in [0.2, 0.25) is 5.02 Å². The molecule has 0 aliphatic carbocycles. The molecule has 0 unspecified atom stereocenters. The molecule has 0 atom stereocenters. The molecule has 0 saturated heterocycles. The van der Waals surface area contributed by atoms with Crippen LogP contribution in [0.1, 0.15) is 5.69 Å². The van der Waals surface area contributed by atoms with Crippen LogP contribution in [0.15, 0.2) is 54.6 Å². The molecular formula is C17H11ClN4. The normalized spacial score (nSPS) is 10.2. The third-order valence-electron chi connectivity index (χ3n) is 3.20. The van der Waals surface area contributed by atoms with Crippen molar-refractivity contribution < 1.29 is 0 Å². The van der Waals surface area contributed by atoms with Gasteiger partial charge in [0, 0.05) is 11.1 Å². The molecule has 106 valence electrons. The Labute approximate surface area is 132 Å². The highest BCUT2D eigenvalue weighted by Crippen LogP contribution is 2.34. The van der Waals surface area contributed by atoms with Gasteiger partial charge in [-0.05, 0) is 6.07 Å². The monoisotopic (exact) mass is 306 g/mol. The molecule has 2 N–H and O–H groups in total. The minimum atomic E-state index is 0.0945.